The summed E-state index contributed by atoms with van der Waals surface area (Å²) in [4.78, 5) is 0. The average Bonchev–Trinajstić information content (AvgIpc) is 2.02. The van der Waals surface area contributed by atoms with Crippen LogP contribution in [0.2, 0.25) is 0 Å². The Kier molecular flexibility index (Phi) is 8.97. The normalized spacial score (nSPS) is 13.6. The topological polar surface area (TPSA) is 56.3 Å². The Morgan fingerprint density at radius 3 is 2.38 bits per heavy atom. The fourth-order valence-corrected chi connectivity index (χ4v) is 1.17. The third kappa shape index (κ3) is 8.43. The van der Waals surface area contributed by atoms with Crippen LogP contribution in [0.3, 0.4) is 0 Å². The molecule has 0 aliphatic heterocycles. The molecule has 1 atom stereocenters. The number of rotatable bonds is 6. The Morgan fingerprint density at radius 2 is 2.00 bits per heavy atom. The molecule has 0 aromatic rings. The van der Waals surface area contributed by atoms with E-state index in [0.717, 1.165) is 19.4 Å². The Morgan fingerprint density at radius 1 is 1.46 bits per heavy atom. The van der Waals surface area contributed by atoms with Crippen molar-refractivity contribution in [2.75, 3.05) is 6.54 Å². The molecule has 0 rings (SSSR count). The van der Waals surface area contributed by atoms with E-state index in [1.807, 2.05) is 0 Å². The van der Waals surface area contributed by atoms with E-state index in [0.29, 0.717) is 6.04 Å². The average molecular weight is 203 g/mol. The first-order chi connectivity index (χ1) is 5.52. The lowest BCUT2D eigenvalue weighted by molar-refractivity contribution is 0.107. The van der Waals surface area contributed by atoms with Crippen molar-refractivity contribution in [1.29, 1.82) is 0 Å². The molecule has 4 N–H and O–H groups in total. The van der Waals surface area contributed by atoms with Gasteiger partial charge in [-0.05, 0) is 40.2 Å². The second kappa shape index (κ2) is 7.50. The lowest BCUT2D eigenvalue weighted by Gasteiger charge is -2.25. The third-order valence-electron chi connectivity index (χ3n) is 2.01. The van der Waals surface area contributed by atoms with Gasteiger partial charge in [-0.1, -0.05) is 6.92 Å². The molecule has 4 heteroatoms. The molecule has 0 aromatic carbocycles. The van der Waals surface area contributed by atoms with Crippen LogP contribution in [-0.2, 0) is 4.43 Å². The Labute approximate surface area is 85.8 Å². The second-order valence-electron chi connectivity index (χ2n) is 3.86. The van der Waals surface area contributed by atoms with Crippen LogP contribution in [0.4, 0.5) is 0 Å². The van der Waals surface area contributed by atoms with Gasteiger partial charge in [0.15, 0.2) is 0 Å². The van der Waals surface area contributed by atoms with Crippen LogP contribution >= 0.6 is 0 Å². The van der Waals surface area contributed by atoms with Gasteiger partial charge in [0.1, 0.15) is 0 Å². The Balaban J connectivity index is 0. The van der Waals surface area contributed by atoms with Gasteiger partial charge >= 0.3 is 0 Å². The fourth-order valence-electron chi connectivity index (χ4n) is 1.07. The van der Waals surface area contributed by atoms with Crippen molar-refractivity contribution in [1.82, 2.24) is 11.5 Å². The third-order valence-corrected chi connectivity index (χ3v) is 2.56. The van der Waals surface area contributed by atoms with Crippen LogP contribution in [0.15, 0.2) is 0 Å². The number of hydrogen-bond acceptors (Lipinski definition) is 3. The molecule has 0 aromatic heterocycles. The van der Waals surface area contributed by atoms with Crippen molar-refractivity contribution < 1.29 is 4.43 Å². The predicted octanol–water partition coefficient (Wildman–Crippen LogP) is 1.81. The maximum Gasteiger partial charge on any atom is 0.246 e. The summed E-state index contributed by atoms with van der Waals surface area (Å²) in [5, 5.41) is 3.37. The van der Waals surface area contributed by atoms with Crippen molar-refractivity contribution >= 4 is 10.5 Å². The van der Waals surface area contributed by atoms with Crippen LogP contribution in [0.25, 0.3) is 0 Å². The summed E-state index contributed by atoms with van der Waals surface area (Å²) < 4.78 is 5.14. The number of hydrogen-bond donors (Lipinski definition) is 2. The molecule has 0 bridgehead atoms. The summed E-state index contributed by atoms with van der Waals surface area (Å²) in [7, 11) is 3.09. The van der Waals surface area contributed by atoms with Crippen molar-refractivity contribution in [3.05, 3.63) is 0 Å². The second-order valence-corrected chi connectivity index (χ2v) is 4.06. The van der Waals surface area contributed by atoms with Gasteiger partial charge in [0.25, 0.3) is 0 Å². The molecule has 0 aliphatic carbocycles. The van der Waals surface area contributed by atoms with E-state index < -0.39 is 0 Å². The Bertz CT molecular complexity index is 120. The van der Waals surface area contributed by atoms with Crippen LogP contribution < -0.4 is 11.5 Å². The molecule has 0 heterocycles. The van der Waals surface area contributed by atoms with Gasteiger partial charge in [0.2, 0.25) is 10.5 Å². The predicted molar refractivity (Wildman–Crippen MR) is 58.3 cm³/mol. The van der Waals surface area contributed by atoms with Crippen molar-refractivity contribution in [3.8, 4) is 0 Å². The van der Waals surface area contributed by atoms with Crippen LogP contribution in [0, 0.1) is 0 Å². The lowest BCUT2D eigenvalue weighted by atomic mass is 10.00. The molecule has 3 radical (unpaired) electrons. The van der Waals surface area contributed by atoms with E-state index in [1.165, 1.54) is 0 Å². The van der Waals surface area contributed by atoms with Crippen LogP contribution in [0.5, 0.6) is 0 Å². The first-order valence-corrected chi connectivity index (χ1v) is 5.00. The van der Waals surface area contributed by atoms with E-state index in [1.54, 1.807) is 0 Å². The summed E-state index contributed by atoms with van der Waals surface area (Å²) in [6, 6.07) is 0.580. The smallest absolute Gasteiger partial charge is 0.246 e. The van der Waals surface area contributed by atoms with Gasteiger partial charge in [-0.2, -0.15) is 0 Å². The molecule has 79 valence electrons. The fraction of sp³-hybridized carbons (Fsp3) is 1.00. The molecule has 0 saturated heterocycles. The first-order valence-electron chi connectivity index (χ1n) is 4.60. The molecule has 0 aliphatic rings. The molecule has 0 saturated carbocycles. The van der Waals surface area contributed by atoms with Crippen molar-refractivity contribution in [2.45, 2.75) is 52.2 Å². The summed E-state index contributed by atoms with van der Waals surface area (Å²) in [6.45, 7) is 9.53. The van der Waals surface area contributed by atoms with E-state index >= 15 is 0 Å². The maximum absolute atomic E-state index is 5.14. The summed E-state index contributed by atoms with van der Waals surface area (Å²) in [6.07, 6.45) is 2.20. The summed E-state index contributed by atoms with van der Waals surface area (Å²) in [5.41, 5.74) is -0.0550. The van der Waals surface area contributed by atoms with Gasteiger partial charge in [0.05, 0.1) is 0 Å². The quantitative estimate of drug-likeness (QED) is 0.647. The number of nitrogens with one attached hydrogen (secondary N) is 1. The van der Waals surface area contributed by atoms with Crippen LogP contribution in [0.1, 0.15) is 40.5 Å². The molecule has 0 fully saturated rings. The summed E-state index contributed by atoms with van der Waals surface area (Å²) >= 11 is 0. The minimum absolute atomic E-state index is 0. The monoisotopic (exact) mass is 203 g/mol. The molecular weight excluding hydrogens is 180 g/mol. The van der Waals surface area contributed by atoms with Gasteiger partial charge in [-0.15, -0.1) is 0 Å². The minimum Gasteiger partial charge on any atom is -0.414 e. The molecule has 0 spiro atoms. The highest BCUT2D eigenvalue weighted by Crippen LogP contribution is 2.15. The highest BCUT2D eigenvalue weighted by Gasteiger charge is 2.16. The molecule has 1 unspecified atom stereocenters. The van der Waals surface area contributed by atoms with E-state index in [9.17, 15) is 0 Å². The highest BCUT2D eigenvalue weighted by atomic mass is 28.2. The van der Waals surface area contributed by atoms with Crippen molar-refractivity contribution in [3.63, 3.8) is 0 Å². The van der Waals surface area contributed by atoms with Crippen molar-refractivity contribution in [2.24, 2.45) is 0 Å². The van der Waals surface area contributed by atoms with Gasteiger partial charge in [-0.3, -0.25) is 0 Å². The van der Waals surface area contributed by atoms with E-state index in [2.05, 4.69) is 43.5 Å². The maximum atomic E-state index is 5.14. The van der Waals surface area contributed by atoms with Gasteiger partial charge < -0.3 is 15.9 Å². The highest BCUT2D eigenvalue weighted by molar-refractivity contribution is 5.98. The summed E-state index contributed by atoms with van der Waals surface area (Å²) in [5.74, 6) is 0. The zero-order valence-electron chi connectivity index (χ0n) is 9.31. The first kappa shape index (κ1) is 15.6. The molecule has 0 amide bonds. The van der Waals surface area contributed by atoms with E-state index in [-0.39, 0.29) is 11.8 Å². The molecule has 13 heavy (non-hydrogen) atoms. The Hall–Kier alpha value is 0.0969. The van der Waals surface area contributed by atoms with Gasteiger partial charge in [0, 0.05) is 11.6 Å². The molecule has 3 nitrogen and oxygen atoms in total. The molecular formula is C9H23N2OSi. The minimum atomic E-state index is -0.0550. The zero-order chi connectivity index (χ0) is 9.61. The SMILES string of the molecule is CCNC(C)CCC(C)(C)O[Si].N. The zero-order valence-corrected chi connectivity index (χ0v) is 10.3. The largest absolute Gasteiger partial charge is 0.414 e. The van der Waals surface area contributed by atoms with E-state index in [4.69, 9.17) is 4.43 Å². The standard InChI is InChI=1S/C9H20NOSi.H3N/c1-5-10-8(2)6-7-9(3,4)11-12;/h8,10H,5-7H2,1-4H3;1H3. The van der Waals surface area contributed by atoms with Crippen LogP contribution in [-0.4, -0.2) is 28.7 Å². The lowest BCUT2D eigenvalue weighted by Crippen LogP contribution is -2.30. The van der Waals surface area contributed by atoms with Gasteiger partial charge in [-0.25, -0.2) is 0 Å².